The molecule has 1 saturated heterocycles. The van der Waals surface area contributed by atoms with Gasteiger partial charge in [-0.15, -0.1) is 11.3 Å². The van der Waals surface area contributed by atoms with Gasteiger partial charge in [0.2, 0.25) is 5.91 Å². The zero-order valence-corrected chi connectivity index (χ0v) is 14.8. The van der Waals surface area contributed by atoms with Gasteiger partial charge in [-0.2, -0.15) is 0 Å². The molecule has 1 aliphatic rings. The number of piperazine rings is 1. The van der Waals surface area contributed by atoms with Crippen LogP contribution in [0.5, 0.6) is 0 Å². The molecule has 130 valence electrons. The second-order valence-corrected chi connectivity index (χ2v) is 7.06. The fourth-order valence-electron chi connectivity index (χ4n) is 2.94. The van der Waals surface area contributed by atoms with Gasteiger partial charge in [-0.1, -0.05) is 11.6 Å². The smallest absolute Gasteiger partial charge is 0.408 e. The molecule has 0 saturated carbocycles. The van der Waals surface area contributed by atoms with Crippen molar-refractivity contribution >= 4 is 45.1 Å². The predicted octanol–water partition coefficient (Wildman–Crippen LogP) is 2.05. The minimum Gasteiger partial charge on any atom is -0.408 e. The lowest BCUT2D eigenvalue weighted by Crippen LogP contribution is -2.50. The van der Waals surface area contributed by atoms with Gasteiger partial charge < -0.3 is 14.2 Å². The molecule has 0 spiro atoms. The average Bonchev–Trinajstić information content (AvgIpc) is 3.24. The summed E-state index contributed by atoms with van der Waals surface area (Å²) in [6, 6.07) is 4.92. The van der Waals surface area contributed by atoms with Crippen molar-refractivity contribution in [3.8, 4) is 0 Å². The van der Waals surface area contributed by atoms with Crippen molar-refractivity contribution in [3.63, 3.8) is 0 Å². The highest BCUT2D eigenvalue weighted by atomic mass is 35.5. The Morgan fingerprint density at radius 2 is 2.08 bits per heavy atom. The third kappa shape index (κ3) is 3.14. The van der Waals surface area contributed by atoms with Gasteiger partial charge in [-0.3, -0.25) is 9.36 Å². The van der Waals surface area contributed by atoms with E-state index in [0.717, 1.165) is 18.2 Å². The molecule has 0 unspecified atom stereocenters. The first kappa shape index (κ1) is 16.2. The number of thiazole rings is 1. The third-order valence-electron chi connectivity index (χ3n) is 4.24. The Balaban J connectivity index is 1.47. The molecule has 7 nitrogen and oxygen atoms in total. The highest BCUT2D eigenvalue weighted by Crippen LogP contribution is 2.20. The first-order chi connectivity index (χ1) is 12.1. The normalized spacial score (nSPS) is 15.1. The molecule has 1 aromatic carbocycles. The maximum atomic E-state index is 12.6. The van der Waals surface area contributed by atoms with E-state index in [0.29, 0.717) is 29.2 Å². The largest absolute Gasteiger partial charge is 0.420 e. The summed E-state index contributed by atoms with van der Waals surface area (Å²) in [4.78, 5) is 32.9. The van der Waals surface area contributed by atoms with Crippen molar-refractivity contribution in [3.05, 3.63) is 45.3 Å². The van der Waals surface area contributed by atoms with Gasteiger partial charge in [-0.05, 0) is 18.2 Å². The second-order valence-electron chi connectivity index (χ2n) is 5.75. The average molecular weight is 379 g/mol. The van der Waals surface area contributed by atoms with Crippen LogP contribution in [0.15, 0.2) is 39.0 Å². The number of carbonyl (C=O) groups is 1. The number of hydrogen-bond acceptors (Lipinski definition) is 6. The van der Waals surface area contributed by atoms with E-state index in [9.17, 15) is 9.59 Å². The molecule has 0 N–H and O–H groups in total. The second kappa shape index (κ2) is 6.53. The number of fused-ring (bicyclic) bond motifs is 1. The van der Waals surface area contributed by atoms with E-state index in [-0.39, 0.29) is 12.5 Å². The molecule has 9 heteroatoms. The van der Waals surface area contributed by atoms with Gasteiger partial charge in [0, 0.05) is 42.8 Å². The van der Waals surface area contributed by atoms with Gasteiger partial charge in [0.1, 0.15) is 6.54 Å². The molecular formula is C16H15ClN4O3S. The first-order valence-electron chi connectivity index (χ1n) is 7.83. The number of carbonyl (C=O) groups excluding carboxylic acids is 1. The molecule has 0 aliphatic carbocycles. The van der Waals surface area contributed by atoms with Gasteiger partial charge in [0.25, 0.3) is 0 Å². The van der Waals surface area contributed by atoms with Crippen molar-refractivity contribution in [1.29, 1.82) is 0 Å². The summed E-state index contributed by atoms with van der Waals surface area (Å²) in [5.41, 5.74) is 0.961. The number of halogens is 1. The van der Waals surface area contributed by atoms with Crippen LogP contribution in [-0.4, -0.2) is 46.5 Å². The van der Waals surface area contributed by atoms with Crippen molar-refractivity contribution in [2.24, 2.45) is 0 Å². The number of oxazole rings is 1. The maximum Gasteiger partial charge on any atom is 0.420 e. The zero-order chi connectivity index (χ0) is 17.4. The van der Waals surface area contributed by atoms with E-state index in [1.807, 2.05) is 5.38 Å². The van der Waals surface area contributed by atoms with Crippen LogP contribution >= 0.6 is 22.9 Å². The SMILES string of the molecule is O=C(Cn1c(=O)oc2ccc(Cl)cc21)N1CCN(c2nccs2)CC1. The van der Waals surface area contributed by atoms with Gasteiger partial charge in [-0.25, -0.2) is 9.78 Å². The molecule has 0 bridgehead atoms. The third-order valence-corrected chi connectivity index (χ3v) is 5.31. The van der Waals surface area contributed by atoms with Crippen LogP contribution in [0.2, 0.25) is 5.02 Å². The fourth-order valence-corrected chi connectivity index (χ4v) is 3.80. The Labute approximate surface area is 152 Å². The van der Waals surface area contributed by atoms with Crippen molar-refractivity contribution in [1.82, 2.24) is 14.5 Å². The quantitative estimate of drug-likeness (QED) is 0.697. The summed E-state index contributed by atoms with van der Waals surface area (Å²) in [5, 5.41) is 3.40. The Bertz CT molecular complexity index is 958. The number of rotatable bonds is 3. The molecule has 0 atom stereocenters. The van der Waals surface area contributed by atoms with Crippen LogP contribution < -0.4 is 10.7 Å². The van der Waals surface area contributed by atoms with E-state index in [1.165, 1.54) is 4.57 Å². The molecule has 1 aliphatic heterocycles. The Kier molecular flexibility index (Phi) is 4.22. The summed E-state index contributed by atoms with van der Waals surface area (Å²) in [6.45, 7) is 2.61. The lowest BCUT2D eigenvalue weighted by molar-refractivity contribution is -0.132. The minimum absolute atomic E-state index is 0.0522. The summed E-state index contributed by atoms with van der Waals surface area (Å²) >= 11 is 7.58. The van der Waals surface area contributed by atoms with Crippen LogP contribution in [0.1, 0.15) is 0 Å². The molecule has 4 rings (SSSR count). The minimum atomic E-state index is -0.549. The van der Waals surface area contributed by atoms with Crippen LogP contribution in [0.3, 0.4) is 0 Å². The van der Waals surface area contributed by atoms with E-state index in [1.54, 1.807) is 40.6 Å². The number of aromatic nitrogens is 2. The van der Waals surface area contributed by atoms with Crippen molar-refractivity contribution in [2.75, 3.05) is 31.1 Å². The Morgan fingerprint density at radius 1 is 1.28 bits per heavy atom. The van der Waals surface area contributed by atoms with Gasteiger partial charge in [0.15, 0.2) is 10.7 Å². The van der Waals surface area contributed by atoms with Gasteiger partial charge in [0.05, 0.1) is 5.52 Å². The Morgan fingerprint density at radius 3 is 2.80 bits per heavy atom. The van der Waals surface area contributed by atoms with E-state index in [4.69, 9.17) is 16.0 Å². The topological polar surface area (TPSA) is 71.6 Å². The van der Waals surface area contributed by atoms with Crippen molar-refractivity contribution in [2.45, 2.75) is 6.54 Å². The fraction of sp³-hybridized carbons (Fsp3) is 0.312. The highest BCUT2D eigenvalue weighted by Gasteiger charge is 2.23. The summed E-state index contributed by atoms with van der Waals surface area (Å²) in [7, 11) is 0. The lowest BCUT2D eigenvalue weighted by Gasteiger charge is -2.34. The number of hydrogen-bond donors (Lipinski definition) is 0. The van der Waals surface area contributed by atoms with Gasteiger partial charge >= 0.3 is 5.76 Å². The molecule has 0 radical (unpaired) electrons. The van der Waals surface area contributed by atoms with Crippen LogP contribution in [0.4, 0.5) is 5.13 Å². The highest BCUT2D eigenvalue weighted by molar-refractivity contribution is 7.13. The summed E-state index contributed by atoms with van der Waals surface area (Å²) < 4.78 is 6.50. The molecule has 3 heterocycles. The molecule has 3 aromatic rings. The summed E-state index contributed by atoms with van der Waals surface area (Å²) in [6.07, 6.45) is 1.78. The van der Waals surface area contributed by atoms with E-state index >= 15 is 0 Å². The molecule has 2 aromatic heterocycles. The Hall–Kier alpha value is -2.32. The standard InChI is InChI=1S/C16H15ClN4O3S/c17-11-1-2-13-12(9-11)21(16(23)24-13)10-14(22)19-4-6-20(7-5-19)15-18-3-8-25-15/h1-3,8-9H,4-7,10H2. The number of nitrogens with zero attached hydrogens (tertiary/aromatic N) is 4. The van der Waals surface area contributed by atoms with E-state index < -0.39 is 5.76 Å². The molecule has 1 amide bonds. The van der Waals surface area contributed by atoms with Crippen LogP contribution in [-0.2, 0) is 11.3 Å². The summed E-state index contributed by atoms with van der Waals surface area (Å²) in [5.74, 6) is -0.657. The molecule has 25 heavy (non-hydrogen) atoms. The lowest BCUT2D eigenvalue weighted by atomic mass is 10.3. The van der Waals surface area contributed by atoms with Crippen LogP contribution in [0.25, 0.3) is 11.1 Å². The molecule has 1 fully saturated rings. The first-order valence-corrected chi connectivity index (χ1v) is 9.09. The maximum absolute atomic E-state index is 12.6. The molecular weight excluding hydrogens is 364 g/mol. The number of amides is 1. The van der Waals surface area contributed by atoms with Crippen LogP contribution in [0, 0.1) is 0 Å². The predicted molar refractivity (Wildman–Crippen MR) is 96.4 cm³/mol. The monoisotopic (exact) mass is 378 g/mol. The number of benzene rings is 1. The van der Waals surface area contributed by atoms with Crippen molar-refractivity contribution < 1.29 is 9.21 Å². The zero-order valence-electron chi connectivity index (χ0n) is 13.2. The number of anilines is 1. The van der Waals surface area contributed by atoms with E-state index in [2.05, 4.69) is 9.88 Å².